The fraction of sp³-hybridized carbons (Fsp3) is 0. The molecular weight excluding hydrogens is 620 g/mol. The maximum Gasteiger partial charge on any atom is 0.288 e. The van der Waals surface area contributed by atoms with Crippen LogP contribution in [0.5, 0.6) is 0 Å². The van der Waals surface area contributed by atoms with Gasteiger partial charge in [0.05, 0.1) is 37.0 Å². The van der Waals surface area contributed by atoms with Gasteiger partial charge in [-0.25, -0.2) is 15.0 Å². The van der Waals surface area contributed by atoms with Crippen LogP contribution in [0.25, 0.3) is 44.1 Å². The number of hydrogen-bond donors (Lipinski definition) is 1. The van der Waals surface area contributed by atoms with Crippen molar-refractivity contribution in [1.82, 2.24) is 15.0 Å². The summed E-state index contributed by atoms with van der Waals surface area (Å²) in [5.74, 6) is 0. The minimum absolute atomic E-state index is 0.0287. The van der Waals surface area contributed by atoms with Crippen LogP contribution < -0.4 is 5.73 Å². The van der Waals surface area contributed by atoms with Gasteiger partial charge in [0.2, 0.25) is 11.4 Å². The summed E-state index contributed by atoms with van der Waals surface area (Å²) in [6.07, 6.45) is 3.91. The van der Waals surface area contributed by atoms with Gasteiger partial charge in [-0.3, -0.25) is 20.2 Å². The second-order valence-corrected chi connectivity index (χ2v) is 9.56. The van der Waals surface area contributed by atoms with E-state index in [1.807, 2.05) is 54.6 Å². The first kappa shape index (κ1) is 27.4. The number of para-hydroxylation sites is 2. The third-order valence-electron chi connectivity index (χ3n) is 5.68. The zero-order valence-corrected chi connectivity index (χ0v) is 22.9. The zero-order chi connectivity index (χ0) is 29.1. The van der Waals surface area contributed by atoms with E-state index in [0.717, 1.165) is 27.9 Å². The van der Waals surface area contributed by atoms with Gasteiger partial charge in [-0.15, -0.1) is 0 Å². The molecule has 204 valence electrons. The predicted octanol–water partition coefficient (Wildman–Crippen LogP) is 7.86. The molecule has 2 N–H and O–H groups in total. The number of nitrogens with two attached hydrogens (primary N) is 1. The number of furan rings is 2. The Bertz CT molecular complexity index is 2080. The van der Waals surface area contributed by atoms with E-state index in [1.165, 1.54) is 18.3 Å². The highest BCUT2D eigenvalue weighted by atomic mass is 79.9. The number of hydrogen-bond acceptors (Lipinski definition) is 10. The molecule has 7 aromatic rings. The minimum Gasteiger partial charge on any atom is -0.438 e. The Morgan fingerprint density at radius 2 is 1.20 bits per heavy atom. The van der Waals surface area contributed by atoms with Gasteiger partial charge < -0.3 is 14.6 Å². The Balaban J connectivity index is 0.000000126. The summed E-state index contributed by atoms with van der Waals surface area (Å²) in [4.78, 5) is 31.4. The lowest BCUT2D eigenvalue weighted by Crippen LogP contribution is -1.89. The molecule has 0 fully saturated rings. The van der Waals surface area contributed by atoms with Crippen LogP contribution in [0.1, 0.15) is 0 Å². The maximum absolute atomic E-state index is 10.6. The molecule has 5 aromatic heterocycles. The van der Waals surface area contributed by atoms with Crippen molar-refractivity contribution < 1.29 is 18.7 Å². The van der Waals surface area contributed by atoms with Crippen molar-refractivity contribution in [2.24, 2.45) is 0 Å². The molecule has 0 amide bonds. The summed E-state index contributed by atoms with van der Waals surface area (Å²) >= 11 is 8.52. The van der Waals surface area contributed by atoms with Crippen molar-refractivity contribution in [3.8, 4) is 0 Å². The Hall–Kier alpha value is -5.14. The molecule has 0 saturated carbocycles. The van der Waals surface area contributed by atoms with E-state index < -0.39 is 9.85 Å². The van der Waals surface area contributed by atoms with Gasteiger partial charge in [-0.1, -0.05) is 48.0 Å². The summed E-state index contributed by atoms with van der Waals surface area (Å²) in [6.45, 7) is 0. The number of nitrogens with zero attached hydrogens (tertiary/aromatic N) is 5. The van der Waals surface area contributed by atoms with Crippen LogP contribution in [-0.2, 0) is 0 Å². The van der Waals surface area contributed by atoms with E-state index in [0.29, 0.717) is 32.6 Å². The van der Waals surface area contributed by atoms with Crippen molar-refractivity contribution in [2.75, 3.05) is 5.73 Å². The average molecular weight is 636 g/mol. The number of fused-ring (bicyclic) bond motifs is 6. The summed E-state index contributed by atoms with van der Waals surface area (Å²) in [6, 6.07) is 19.9. The first-order valence-electron chi connectivity index (χ1n) is 11.6. The van der Waals surface area contributed by atoms with Gasteiger partial charge in [-0.05, 0) is 34.1 Å². The number of anilines is 1. The van der Waals surface area contributed by atoms with Crippen LogP contribution >= 0.6 is 27.5 Å². The highest BCUT2D eigenvalue weighted by molar-refractivity contribution is 9.10. The van der Waals surface area contributed by atoms with Crippen molar-refractivity contribution in [2.45, 2.75) is 0 Å². The van der Waals surface area contributed by atoms with Crippen LogP contribution in [0.15, 0.2) is 98.6 Å². The molecule has 41 heavy (non-hydrogen) atoms. The van der Waals surface area contributed by atoms with E-state index in [4.69, 9.17) is 26.2 Å². The lowest BCUT2D eigenvalue weighted by atomic mass is 10.2. The summed E-state index contributed by atoms with van der Waals surface area (Å²) < 4.78 is 11.4. The zero-order valence-electron chi connectivity index (χ0n) is 20.6. The molecule has 0 spiro atoms. The molecule has 2 aromatic carbocycles. The quantitative estimate of drug-likeness (QED) is 0.112. The molecule has 0 saturated heterocycles. The molecule has 7 rings (SSSR count). The van der Waals surface area contributed by atoms with Crippen LogP contribution in [0.3, 0.4) is 0 Å². The fourth-order valence-electron chi connectivity index (χ4n) is 3.83. The van der Waals surface area contributed by atoms with Crippen LogP contribution in [0.4, 0.5) is 17.1 Å². The van der Waals surface area contributed by atoms with Crippen molar-refractivity contribution in [3.63, 3.8) is 0 Å². The van der Waals surface area contributed by atoms with Crippen LogP contribution in [0, 0.1) is 20.2 Å². The van der Waals surface area contributed by atoms with Gasteiger partial charge in [-0.2, -0.15) is 0 Å². The summed E-state index contributed by atoms with van der Waals surface area (Å²) in [5, 5.41) is 24.6. The molecule has 0 aliphatic heterocycles. The molecule has 12 nitrogen and oxygen atoms in total. The van der Waals surface area contributed by atoms with E-state index in [-0.39, 0.29) is 16.5 Å². The van der Waals surface area contributed by atoms with Crippen molar-refractivity contribution in [1.29, 1.82) is 0 Å². The summed E-state index contributed by atoms with van der Waals surface area (Å²) in [7, 11) is 0. The van der Waals surface area contributed by atoms with Crippen LogP contribution in [-0.4, -0.2) is 24.8 Å². The van der Waals surface area contributed by atoms with E-state index in [2.05, 4.69) is 30.9 Å². The van der Waals surface area contributed by atoms with Gasteiger partial charge in [0, 0.05) is 22.9 Å². The second-order valence-electron chi connectivity index (χ2n) is 8.34. The number of halogens is 2. The largest absolute Gasteiger partial charge is 0.438 e. The molecule has 0 unspecified atom stereocenters. The predicted molar refractivity (Wildman–Crippen MR) is 158 cm³/mol. The normalized spacial score (nSPS) is 10.7. The molecule has 0 radical (unpaired) electrons. The second kappa shape index (κ2) is 11.5. The Morgan fingerprint density at radius 1 is 0.707 bits per heavy atom. The van der Waals surface area contributed by atoms with Gasteiger partial charge in [0.1, 0.15) is 28.7 Å². The van der Waals surface area contributed by atoms with E-state index in [9.17, 15) is 20.2 Å². The molecule has 0 aliphatic rings. The number of nitrogen functional groups attached to an aromatic ring is 1. The lowest BCUT2D eigenvalue weighted by Gasteiger charge is -1.92. The Labute approximate surface area is 242 Å². The minimum atomic E-state index is -0.534. The highest BCUT2D eigenvalue weighted by Crippen LogP contribution is 2.30. The number of pyridine rings is 3. The maximum atomic E-state index is 10.6. The third-order valence-corrected chi connectivity index (χ3v) is 6.81. The monoisotopic (exact) mass is 634 g/mol. The van der Waals surface area contributed by atoms with Gasteiger partial charge in [0.15, 0.2) is 0 Å². The summed E-state index contributed by atoms with van der Waals surface area (Å²) in [5.41, 5.74) is 8.81. The highest BCUT2D eigenvalue weighted by Gasteiger charge is 2.13. The van der Waals surface area contributed by atoms with E-state index in [1.54, 1.807) is 6.20 Å². The van der Waals surface area contributed by atoms with Gasteiger partial charge >= 0.3 is 0 Å². The van der Waals surface area contributed by atoms with Crippen LogP contribution in [0.2, 0.25) is 5.15 Å². The molecule has 0 atom stereocenters. The Morgan fingerprint density at radius 3 is 1.76 bits per heavy atom. The van der Waals surface area contributed by atoms with Crippen molar-refractivity contribution in [3.05, 3.63) is 115 Å². The first-order chi connectivity index (χ1) is 19.7. The smallest absolute Gasteiger partial charge is 0.288 e. The fourth-order valence-corrected chi connectivity index (χ4v) is 4.27. The SMILES string of the molecule is Nc1cnc2oc3ccccc3c2c1.O=[N+]([O-])c1cnc(Cl)c(Br)c1.O=[N+]([O-])c1cnc2oc3ccccc3c2c1. The molecule has 0 aliphatic carbocycles. The molecule has 5 heterocycles. The number of nitro groups is 2. The number of aromatic nitrogens is 3. The Kier molecular flexibility index (Phi) is 7.72. The molecule has 14 heteroatoms. The lowest BCUT2D eigenvalue weighted by molar-refractivity contribution is -0.385. The topological polar surface area (TPSA) is 177 Å². The number of benzene rings is 2. The standard InChI is InChI=1S/C11H6N2O3.C11H8N2O.C5H2BrClN2O2/c14-13(15)7-5-9-8-3-1-2-4-10(8)16-11(9)12-6-7;12-7-5-9-8-3-1-2-4-10(8)14-11(9)13-6-7;6-4-1-3(9(10)11)2-8-5(4)7/h1-6H;1-6H,12H2;1-2H. The van der Waals surface area contributed by atoms with E-state index >= 15 is 0 Å². The third kappa shape index (κ3) is 5.90. The van der Waals surface area contributed by atoms with Crippen molar-refractivity contribution >= 4 is 88.7 Å². The average Bonchev–Trinajstić information content (AvgIpc) is 3.52. The number of rotatable bonds is 2. The van der Waals surface area contributed by atoms with Gasteiger partial charge in [0.25, 0.3) is 11.4 Å². The first-order valence-corrected chi connectivity index (χ1v) is 12.8. The molecule has 0 bridgehead atoms. The molecular formula is C27H16BrClN6O6.